The van der Waals surface area contributed by atoms with Gasteiger partial charge in [0, 0.05) is 23.9 Å². The topological polar surface area (TPSA) is 105 Å². The number of methoxy groups -OCH3 is 1. The summed E-state index contributed by atoms with van der Waals surface area (Å²) in [5.74, 6) is 0.00750. The monoisotopic (exact) mass is 475 g/mol. The summed E-state index contributed by atoms with van der Waals surface area (Å²) in [5, 5.41) is 5.44. The Balaban J connectivity index is 1.42. The minimum absolute atomic E-state index is 0.140. The van der Waals surface area contributed by atoms with Gasteiger partial charge in [-0.15, -0.1) is 11.8 Å². The van der Waals surface area contributed by atoms with Gasteiger partial charge >= 0.3 is 0 Å². The first kappa shape index (κ1) is 22.6. The Bertz CT molecular complexity index is 1140. The number of para-hydroxylation sites is 2. The van der Waals surface area contributed by atoms with Crippen molar-refractivity contribution in [3.63, 3.8) is 0 Å². The maximum Gasteiger partial charge on any atom is 0.243 e. The minimum atomic E-state index is -3.72. The molecule has 1 saturated heterocycles. The molecule has 1 atom stereocenters. The van der Waals surface area contributed by atoms with Crippen molar-refractivity contribution in [2.75, 3.05) is 30.8 Å². The van der Waals surface area contributed by atoms with Gasteiger partial charge in [0.2, 0.25) is 21.8 Å². The number of nitrogens with zero attached hydrogens (tertiary/aromatic N) is 1. The Kier molecular flexibility index (Phi) is 6.45. The molecule has 32 heavy (non-hydrogen) atoms. The van der Waals surface area contributed by atoms with E-state index in [1.165, 1.54) is 22.1 Å². The number of sulfonamides is 1. The number of nitrogens with one attached hydrogen (secondary N) is 2. The molecule has 10 heteroatoms. The number of benzene rings is 2. The first-order valence-electron chi connectivity index (χ1n) is 10.3. The zero-order chi connectivity index (χ0) is 22.9. The van der Waals surface area contributed by atoms with Crippen molar-refractivity contribution in [1.29, 1.82) is 0 Å². The standard InChI is InChI=1S/C22H25N3O5S2/c1-14-21(26)24-18-13-16(7-8-20(18)31-14)32(28,29)25-11-9-15(10-12-25)22(27)23-17-5-3-4-6-19(17)30-2/h3-8,13-15H,9-12H2,1-2H3,(H,23,27)(H,24,26). The van der Waals surface area contributed by atoms with Crippen LogP contribution >= 0.6 is 11.8 Å². The molecule has 0 bridgehead atoms. The van der Waals surface area contributed by atoms with Gasteiger partial charge < -0.3 is 15.4 Å². The number of hydrogen-bond donors (Lipinski definition) is 2. The van der Waals surface area contributed by atoms with E-state index in [2.05, 4.69) is 10.6 Å². The molecule has 0 spiro atoms. The fraction of sp³-hybridized carbons (Fsp3) is 0.364. The van der Waals surface area contributed by atoms with Crippen LogP contribution in [0.15, 0.2) is 52.3 Å². The fourth-order valence-electron chi connectivity index (χ4n) is 3.84. The van der Waals surface area contributed by atoms with E-state index in [1.807, 2.05) is 19.1 Å². The van der Waals surface area contributed by atoms with Gasteiger partial charge in [0.05, 0.1) is 28.6 Å². The van der Waals surface area contributed by atoms with E-state index in [1.54, 1.807) is 31.4 Å². The van der Waals surface area contributed by atoms with Crippen LogP contribution in [-0.4, -0.2) is 50.0 Å². The number of rotatable bonds is 5. The van der Waals surface area contributed by atoms with E-state index in [0.717, 1.165) is 4.90 Å². The van der Waals surface area contributed by atoms with Crippen molar-refractivity contribution in [2.45, 2.75) is 34.8 Å². The molecule has 2 aromatic rings. The lowest BCUT2D eigenvalue weighted by Gasteiger charge is -2.31. The summed E-state index contributed by atoms with van der Waals surface area (Å²) in [6.45, 7) is 2.31. The Morgan fingerprint density at radius 1 is 1.19 bits per heavy atom. The molecule has 2 aliphatic rings. The fourth-order valence-corrected chi connectivity index (χ4v) is 6.27. The molecule has 4 rings (SSSR count). The predicted octanol–water partition coefficient (Wildman–Crippen LogP) is 3.17. The van der Waals surface area contributed by atoms with E-state index in [-0.39, 0.29) is 41.0 Å². The van der Waals surface area contributed by atoms with Gasteiger partial charge in [0.15, 0.2) is 0 Å². The number of thioether (sulfide) groups is 1. The van der Waals surface area contributed by atoms with Crippen molar-refractivity contribution in [2.24, 2.45) is 5.92 Å². The van der Waals surface area contributed by atoms with E-state index in [9.17, 15) is 18.0 Å². The molecule has 8 nitrogen and oxygen atoms in total. The van der Waals surface area contributed by atoms with E-state index < -0.39 is 10.0 Å². The number of ether oxygens (including phenoxy) is 1. The molecule has 0 aliphatic carbocycles. The molecular formula is C22H25N3O5S2. The minimum Gasteiger partial charge on any atom is -0.495 e. The first-order valence-corrected chi connectivity index (χ1v) is 12.7. The van der Waals surface area contributed by atoms with Gasteiger partial charge in [-0.05, 0) is 50.1 Å². The van der Waals surface area contributed by atoms with Crippen molar-refractivity contribution in [3.8, 4) is 5.75 Å². The van der Waals surface area contributed by atoms with Gasteiger partial charge in [-0.25, -0.2) is 8.42 Å². The van der Waals surface area contributed by atoms with Gasteiger partial charge in [-0.3, -0.25) is 9.59 Å². The highest BCUT2D eigenvalue weighted by molar-refractivity contribution is 8.01. The molecule has 0 aromatic heterocycles. The Labute approximate surface area is 191 Å². The maximum atomic E-state index is 13.2. The second-order valence-electron chi connectivity index (χ2n) is 7.78. The Hall–Kier alpha value is -2.56. The molecule has 2 aromatic carbocycles. The number of fused-ring (bicyclic) bond motifs is 1. The van der Waals surface area contributed by atoms with Crippen molar-refractivity contribution >= 4 is 45.0 Å². The molecule has 0 saturated carbocycles. The third kappa shape index (κ3) is 4.48. The predicted molar refractivity (Wildman–Crippen MR) is 123 cm³/mol. The van der Waals surface area contributed by atoms with Crippen LogP contribution in [0, 0.1) is 5.92 Å². The van der Waals surface area contributed by atoms with Crippen LogP contribution in [0.1, 0.15) is 19.8 Å². The lowest BCUT2D eigenvalue weighted by atomic mass is 9.97. The number of carbonyl (C=O) groups is 2. The number of hydrogen-bond acceptors (Lipinski definition) is 6. The third-order valence-corrected chi connectivity index (χ3v) is 8.78. The molecule has 2 heterocycles. The lowest BCUT2D eigenvalue weighted by Crippen LogP contribution is -2.41. The Morgan fingerprint density at radius 2 is 1.91 bits per heavy atom. The van der Waals surface area contributed by atoms with E-state index in [0.29, 0.717) is 30.0 Å². The molecule has 2 amide bonds. The van der Waals surface area contributed by atoms with Crippen molar-refractivity contribution < 1.29 is 22.7 Å². The van der Waals surface area contributed by atoms with Gasteiger partial charge in [0.25, 0.3) is 0 Å². The largest absolute Gasteiger partial charge is 0.495 e. The second-order valence-corrected chi connectivity index (χ2v) is 11.1. The van der Waals surface area contributed by atoms with Crippen molar-refractivity contribution in [3.05, 3.63) is 42.5 Å². The average Bonchev–Trinajstić information content (AvgIpc) is 2.80. The Morgan fingerprint density at radius 3 is 2.62 bits per heavy atom. The van der Waals surface area contributed by atoms with Crippen LogP contribution in [0.2, 0.25) is 0 Å². The number of piperidine rings is 1. The molecule has 2 N–H and O–H groups in total. The quantitative estimate of drug-likeness (QED) is 0.688. The average molecular weight is 476 g/mol. The highest BCUT2D eigenvalue weighted by atomic mass is 32.2. The zero-order valence-corrected chi connectivity index (χ0v) is 19.5. The summed E-state index contributed by atoms with van der Waals surface area (Å²) < 4.78 is 33.0. The van der Waals surface area contributed by atoms with Gasteiger partial charge in [0.1, 0.15) is 5.75 Å². The summed E-state index contributed by atoms with van der Waals surface area (Å²) >= 11 is 1.41. The smallest absolute Gasteiger partial charge is 0.243 e. The summed E-state index contributed by atoms with van der Waals surface area (Å²) in [7, 11) is -2.18. The number of carbonyl (C=O) groups excluding carboxylic acids is 2. The van der Waals surface area contributed by atoms with Crippen molar-refractivity contribution in [1.82, 2.24) is 4.31 Å². The summed E-state index contributed by atoms with van der Waals surface area (Å²) in [6, 6.07) is 12.0. The molecule has 0 radical (unpaired) electrons. The highest BCUT2D eigenvalue weighted by Crippen LogP contribution is 2.37. The van der Waals surface area contributed by atoms with E-state index in [4.69, 9.17) is 4.74 Å². The summed E-state index contributed by atoms with van der Waals surface area (Å²) in [6.07, 6.45) is 0.852. The van der Waals surface area contributed by atoms with Gasteiger partial charge in [-0.2, -0.15) is 4.31 Å². The molecule has 1 unspecified atom stereocenters. The van der Waals surface area contributed by atoms with Crippen LogP contribution in [0.5, 0.6) is 5.75 Å². The molecule has 2 aliphatic heterocycles. The first-order chi connectivity index (χ1) is 15.3. The summed E-state index contributed by atoms with van der Waals surface area (Å²) in [5.41, 5.74) is 1.11. The van der Waals surface area contributed by atoms with Crippen LogP contribution in [0.4, 0.5) is 11.4 Å². The second kappa shape index (κ2) is 9.13. The molecule has 170 valence electrons. The lowest BCUT2D eigenvalue weighted by molar-refractivity contribution is -0.121. The number of amides is 2. The molecule has 1 fully saturated rings. The SMILES string of the molecule is COc1ccccc1NC(=O)C1CCN(S(=O)(=O)c2ccc3c(c2)NC(=O)C(C)S3)CC1. The van der Waals surface area contributed by atoms with E-state index >= 15 is 0 Å². The van der Waals surface area contributed by atoms with Crippen LogP contribution in [0.3, 0.4) is 0 Å². The highest BCUT2D eigenvalue weighted by Gasteiger charge is 2.33. The number of anilines is 2. The maximum absolute atomic E-state index is 13.2. The normalized spacial score (nSPS) is 19.7. The van der Waals surface area contributed by atoms with Crippen LogP contribution in [-0.2, 0) is 19.6 Å². The molecular weight excluding hydrogens is 450 g/mol. The third-order valence-electron chi connectivity index (χ3n) is 5.71. The van der Waals surface area contributed by atoms with Crippen LogP contribution in [0.25, 0.3) is 0 Å². The van der Waals surface area contributed by atoms with Crippen LogP contribution < -0.4 is 15.4 Å². The summed E-state index contributed by atoms with van der Waals surface area (Å²) in [4.78, 5) is 25.6. The van der Waals surface area contributed by atoms with Gasteiger partial charge in [-0.1, -0.05) is 12.1 Å². The zero-order valence-electron chi connectivity index (χ0n) is 17.8.